The quantitative estimate of drug-likeness (QED) is 0.855. The summed E-state index contributed by atoms with van der Waals surface area (Å²) in [6.07, 6.45) is 2.10. The molecule has 8 nitrogen and oxygen atoms in total. The van der Waals surface area contributed by atoms with Gasteiger partial charge in [-0.3, -0.25) is 4.90 Å². The van der Waals surface area contributed by atoms with Gasteiger partial charge in [-0.2, -0.15) is 10.2 Å². The van der Waals surface area contributed by atoms with Gasteiger partial charge in [-0.1, -0.05) is 6.08 Å². The van der Waals surface area contributed by atoms with Crippen LogP contribution in [0, 0.1) is 34.9 Å². The van der Waals surface area contributed by atoms with Crippen LogP contribution in [0.1, 0.15) is 24.8 Å². The molecule has 1 aromatic heterocycles. The van der Waals surface area contributed by atoms with Crippen molar-refractivity contribution >= 4 is 23.3 Å². The molecule has 1 N–H and O–H groups in total. The number of carbonyl (C=O) groups excluding carboxylic acids is 1. The first-order valence-electron chi connectivity index (χ1n) is 9.06. The molecule has 1 unspecified atom stereocenters. The van der Waals surface area contributed by atoms with Crippen LogP contribution in [0.5, 0.6) is 0 Å². The predicted molar refractivity (Wildman–Crippen MR) is 93.1 cm³/mol. The standard InChI is InChI=1S/C19H14FN5O3/c1-8-19(16-22-17(23-19)24-28-16)27-18(26)25(8)10-2-3-11(15(20)6-10)9-4-12-13(5-9)14(12)7-21/h2-4,6,8,12-14H,5H2,1H3,(H,23,24)/t8?,12-,13+,14+,19+/m1/s1. The first-order chi connectivity index (χ1) is 13.5. The van der Waals surface area contributed by atoms with Crippen molar-refractivity contribution in [1.29, 1.82) is 5.26 Å². The fourth-order valence-electron chi connectivity index (χ4n) is 4.68. The van der Waals surface area contributed by atoms with Crippen LogP contribution in [0.3, 0.4) is 0 Å². The van der Waals surface area contributed by atoms with Crippen molar-refractivity contribution in [2.24, 2.45) is 17.8 Å². The Morgan fingerprint density at radius 2 is 2.32 bits per heavy atom. The van der Waals surface area contributed by atoms with Gasteiger partial charge >= 0.3 is 6.09 Å². The van der Waals surface area contributed by atoms with Crippen LogP contribution < -0.4 is 10.2 Å². The molecule has 2 aromatic rings. The third-order valence-electron chi connectivity index (χ3n) is 6.27. The Kier molecular flexibility index (Phi) is 2.73. The van der Waals surface area contributed by atoms with Gasteiger partial charge in [0.25, 0.3) is 17.6 Å². The maximum Gasteiger partial charge on any atom is 0.417 e. The maximum absolute atomic E-state index is 14.9. The van der Waals surface area contributed by atoms with Crippen LogP contribution >= 0.6 is 0 Å². The zero-order valence-corrected chi connectivity index (χ0v) is 14.7. The molecule has 4 aliphatic rings. The molecule has 0 radical (unpaired) electrons. The summed E-state index contributed by atoms with van der Waals surface area (Å²) in [6.45, 7) is 1.77. The Bertz CT molecular complexity index is 1120. The second kappa shape index (κ2) is 4.90. The van der Waals surface area contributed by atoms with E-state index in [1.54, 1.807) is 19.1 Å². The van der Waals surface area contributed by atoms with E-state index in [2.05, 4.69) is 21.5 Å². The third kappa shape index (κ3) is 1.80. The summed E-state index contributed by atoms with van der Waals surface area (Å²) >= 11 is 0. The van der Waals surface area contributed by atoms with E-state index in [0.717, 1.165) is 5.57 Å². The van der Waals surface area contributed by atoms with Crippen molar-refractivity contribution in [3.8, 4) is 6.07 Å². The second-order valence-corrected chi connectivity index (χ2v) is 7.65. The highest BCUT2D eigenvalue weighted by Crippen LogP contribution is 2.58. The predicted octanol–water partition coefficient (Wildman–Crippen LogP) is 3.01. The molecule has 6 rings (SSSR count). The summed E-state index contributed by atoms with van der Waals surface area (Å²) < 4.78 is 25.5. The highest BCUT2D eigenvalue weighted by Gasteiger charge is 2.61. The minimum absolute atomic E-state index is 0.0754. The zero-order valence-electron chi connectivity index (χ0n) is 14.7. The topological polar surface area (TPSA) is 104 Å². The molecule has 1 spiro atoms. The molecule has 5 atom stereocenters. The molecule has 1 saturated carbocycles. The summed E-state index contributed by atoms with van der Waals surface area (Å²) in [5, 5.41) is 15.6. The lowest BCUT2D eigenvalue weighted by atomic mass is 9.99. The summed E-state index contributed by atoms with van der Waals surface area (Å²) in [5.41, 5.74) is 0.587. The van der Waals surface area contributed by atoms with Gasteiger partial charge in [-0.25, -0.2) is 9.18 Å². The van der Waals surface area contributed by atoms with Crippen LogP contribution in [0.25, 0.3) is 5.57 Å². The maximum atomic E-state index is 14.9. The molecular formula is C19H14FN5O3. The van der Waals surface area contributed by atoms with E-state index in [9.17, 15) is 9.18 Å². The third-order valence-corrected chi connectivity index (χ3v) is 6.27. The first kappa shape index (κ1) is 15.6. The lowest BCUT2D eigenvalue weighted by molar-refractivity contribution is 0.0313. The summed E-state index contributed by atoms with van der Waals surface area (Å²) in [5.74, 6) is 0.663. The summed E-state index contributed by atoms with van der Waals surface area (Å²) in [6, 6.07) is 6.49. The fraction of sp³-hybridized carbons (Fsp3) is 0.368. The van der Waals surface area contributed by atoms with Crippen LogP contribution in [-0.4, -0.2) is 22.3 Å². The molecule has 1 saturated heterocycles. The van der Waals surface area contributed by atoms with E-state index in [-0.39, 0.29) is 23.7 Å². The average molecular weight is 379 g/mol. The summed E-state index contributed by atoms with van der Waals surface area (Å²) in [7, 11) is 0. The van der Waals surface area contributed by atoms with Gasteiger partial charge in [0, 0.05) is 5.56 Å². The van der Waals surface area contributed by atoms with Gasteiger partial charge in [-0.05, 0) is 54.1 Å². The number of anilines is 2. The zero-order chi connectivity index (χ0) is 19.2. The number of ether oxygens (including phenoxy) is 1. The Morgan fingerprint density at radius 3 is 2.93 bits per heavy atom. The Hall–Kier alpha value is -3.41. The number of nitriles is 1. The van der Waals surface area contributed by atoms with Crippen molar-refractivity contribution in [3.05, 3.63) is 41.5 Å². The van der Waals surface area contributed by atoms with E-state index < -0.39 is 23.7 Å². The van der Waals surface area contributed by atoms with E-state index in [1.165, 1.54) is 11.0 Å². The number of carbonyl (C=O) groups is 1. The van der Waals surface area contributed by atoms with Crippen molar-refractivity contribution in [1.82, 2.24) is 10.1 Å². The van der Waals surface area contributed by atoms with Gasteiger partial charge < -0.3 is 14.6 Å². The number of aromatic nitrogens is 2. The van der Waals surface area contributed by atoms with E-state index in [0.29, 0.717) is 23.6 Å². The van der Waals surface area contributed by atoms with Gasteiger partial charge in [0.2, 0.25) is 0 Å². The SMILES string of the molecule is CC1N(c2ccc(C3=C[C@H]4[C@H](C#N)[C@H]4C3)c(F)c2)C(=O)O[C@@]12Nc1noc2n1. The second-order valence-electron chi connectivity index (χ2n) is 7.65. The first-order valence-corrected chi connectivity index (χ1v) is 9.06. The van der Waals surface area contributed by atoms with E-state index in [4.69, 9.17) is 14.5 Å². The number of benzene rings is 1. The number of nitrogens with zero attached hydrogens (tertiary/aromatic N) is 4. The summed E-state index contributed by atoms with van der Waals surface area (Å²) in [4.78, 5) is 18.0. The fourth-order valence-corrected chi connectivity index (χ4v) is 4.68. The van der Waals surface area contributed by atoms with Gasteiger partial charge in [0.1, 0.15) is 11.9 Å². The molecule has 2 fully saturated rings. The molecule has 1 amide bonds. The molecule has 2 bridgehead atoms. The van der Waals surface area contributed by atoms with E-state index in [1.807, 2.05) is 6.08 Å². The van der Waals surface area contributed by atoms with E-state index >= 15 is 0 Å². The van der Waals surface area contributed by atoms with Crippen LogP contribution in [0.15, 0.2) is 28.8 Å². The van der Waals surface area contributed by atoms with Gasteiger partial charge in [0.15, 0.2) is 0 Å². The Morgan fingerprint density at radius 1 is 1.46 bits per heavy atom. The molecular weight excluding hydrogens is 365 g/mol. The minimum atomic E-state index is -1.25. The van der Waals surface area contributed by atoms with Crippen molar-refractivity contribution in [2.45, 2.75) is 25.1 Å². The molecule has 2 aliphatic carbocycles. The van der Waals surface area contributed by atoms with Crippen LogP contribution in [-0.2, 0) is 10.5 Å². The minimum Gasteiger partial charge on any atom is -0.410 e. The average Bonchev–Trinajstić information content (AvgIpc) is 3.14. The lowest BCUT2D eigenvalue weighted by Gasteiger charge is -2.27. The van der Waals surface area contributed by atoms with Gasteiger partial charge in [0.05, 0.1) is 17.7 Å². The number of amides is 1. The van der Waals surface area contributed by atoms with Crippen molar-refractivity contribution < 1.29 is 18.4 Å². The monoisotopic (exact) mass is 379 g/mol. The number of allylic oxidation sites excluding steroid dienone is 2. The van der Waals surface area contributed by atoms with Crippen molar-refractivity contribution in [3.63, 3.8) is 0 Å². The Balaban J connectivity index is 1.31. The number of hydrogen-bond donors (Lipinski definition) is 1. The molecule has 3 heterocycles. The normalized spacial score (nSPS) is 34.1. The highest BCUT2D eigenvalue weighted by molar-refractivity contribution is 5.92. The molecule has 140 valence electrons. The van der Waals surface area contributed by atoms with Gasteiger partial charge in [-0.15, -0.1) is 0 Å². The number of halogens is 1. The van der Waals surface area contributed by atoms with Crippen LogP contribution in [0.2, 0.25) is 0 Å². The highest BCUT2D eigenvalue weighted by atomic mass is 19.1. The number of fused-ring (bicyclic) bond motifs is 4. The largest absolute Gasteiger partial charge is 0.417 e. The molecule has 9 heteroatoms. The Labute approximate surface area is 158 Å². The lowest BCUT2D eigenvalue weighted by Crippen LogP contribution is -2.46. The number of nitrogens with one attached hydrogen (secondary N) is 1. The number of hydrogen-bond acceptors (Lipinski definition) is 7. The molecule has 2 aliphatic heterocycles. The smallest absolute Gasteiger partial charge is 0.410 e. The number of rotatable bonds is 2. The molecule has 1 aromatic carbocycles. The molecule has 28 heavy (non-hydrogen) atoms. The van der Waals surface area contributed by atoms with Crippen LogP contribution in [0.4, 0.5) is 20.8 Å². The van der Waals surface area contributed by atoms with Crippen molar-refractivity contribution in [2.75, 3.05) is 10.2 Å².